The minimum atomic E-state index is -0.165. The van der Waals surface area contributed by atoms with E-state index in [1.165, 1.54) is 32.7 Å². The fraction of sp³-hybridized carbons (Fsp3) is 0.222. The van der Waals surface area contributed by atoms with Gasteiger partial charge in [-0.3, -0.25) is 4.79 Å². The van der Waals surface area contributed by atoms with Crippen LogP contribution in [0, 0.1) is 0 Å². The quantitative estimate of drug-likeness (QED) is 0.658. The Kier molecular flexibility index (Phi) is 5.75. The molecule has 0 spiro atoms. The van der Waals surface area contributed by atoms with Gasteiger partial charge >= 0.3 is 0 Å². The number of nitrogens with one attached hydrogen (secondary N) is 1. The molecule has 0 saturated carbocycles. The molecular formula is C18H18N2O4S2. The minimum absolute atomic E-state index is 0.165. The van der Waals surface area contributed by atoms with Crippen LogP contribution in [-0.2, 0) is 11.2 Å². The predicted octanol–water partition coefficient (Wildman–Crippen LogP) is 4.08. The molecule has 0 aliphatic carbocycles. The van der Waals surface area contributed by atoms with Crippen LogP contribution in [-0.4, -0.2) is 32.2 Å². The number of benzene rings is 1. The van der Waals surface area contributed by atoms with Gasteiger partial charge in [-0.15, -0.1) is 11.3 Å². The van der Waals surface area contributed by atoms with Crippen LogP contribution in [0.5, 0.6) is 17.2 Å². The summed E-state index contributed by atoms with van der Waals surface area (Å²) in [5.74, 6) is 1.28. The van der Waals surface area contributed by atoms with Gasteiger partial charge in [0.15, 0.2) is 11.5 Å². The molecule has 0 fully saturated rings. The lowest BCUT2D eigenvalue weighted by Crippen LogP contribution is -2.14. The first-order chi connectivity index (χ1) is 12.6. The maximum Gasteiger partial charge on any atom is 0.230 e. The molecule has 0 bridgehead atoms. The molecule has 26 heavy (non-hydrogen) atoms. The molecule has 8 heteroatoms. The van der Waals surface area contributed by atoms with E-state index in [-0.39, 0.29) is 12.3 Å². The molecule has 2 aromatic heterocycles. The maximum absolute atomic E-state index is 12.4. The summed E-state index contributed by atoms with van der Waals surface area (Å²) in [6, 6.07) is 5.40. The number of thiophene rings is 1. The van der Waals surface area contributed by atoms with Crippen molar-refractivity contribution in [2.75, 3.05) is 26.6 Å². The third-order valence-corrected chi connectivity index (χ3v) is 5.23. The fourth-order valence-corrected chi connectivity index (χ4v) is 3.96. The van der Waals surface area contributed by atoms with Crippen molar-refractivity contribution in [2.45, 2.75) is 6.42 Å². The van der Waals surface area contributed by atoms with Gasteiger partial charge in [-0.1, -0.05) is 0 Å². The number of ether oxygens (including phenoxy) is 3. The number of methoxy groups -OCH3 is 3. The molecule has 1 amide bonds. The smallest absolute Gasteiger partial charge is 0.230 e. The van der Waals surface area contributed by atoms with Gasteiger partial charge in [-0.2, -0.15) is 11.3 Å². The number of carbonyl (C=O) groups is 1. The SMILES string of the molecule is COc1cc(NC(=O)Cc2csc(-c3ccsc3)n2)cc(OC)c1OC. The maximum atomic E-state index is 12.4. The fourth-order valence-electron chi connectivity index (χ4n) is 2.43. The highest BCUT2D eigenvalue weighted by molar-refractivity contribution is 7.14. The zero-order valence-electron chi connectivity index (χ0n) is 14.6. The van der Waals surface area contributed by atoms with Crippen molar-refractivity contribution in [3.8, 4) is 27.8 Å². The van der Waals surface area contributed by atoms with E-state index in [2.05, 4.69) is 10.3 Å². The molecule has 0 saturated heterocycles. The second-order valence-electron chi connectivity index (χ2n) is 5.29. The number of rotatable bonds is 7. The minimum Gasteiger partial charge on any atom is -0.493 e. The molecule has 2 heterocycles. The summed E-state index contributed by atoms with van der Waals surface area (Å²) in [6.45, 7) is 0. The Hall–Kier alpha value is -2.58. The normalized spacial score (nSPS) is 10.4. The van der Waals surface area contributed by atoms with E-state index >= 15 is 0 Å². The predicted molar refractivity (Wildman–Crippen MR) is 104 cm³/mol. The molecule has 0 aliphatic heterocycles. The van der Waals surface area contributed by atoms with E-state index in [4.69, 9.17) is 14.2 Å². The molecule has 3 aromatic rings. The van der Waals surface area contributed by atoms with Crippen LogP contribution >= 0.6 is 22.7 Å². The standard InChI is InChI=1S/C18H18N2O4S2/c1-22-14-6-12(7-15(23-2)17(14)24-3)19-16(21)8-13-10-26-18(20-13)11-4-5-25-9-11/h4-7,9-10H,8H2,1-3H3,(H,19,21). The van der Waals surface area contributed by atoms with Crippen molar-refractivity contribution in [3.63, 3.8) is 0 Å². The average molecular weight is 390 g/mol. The van der Waals surface area contributed by atoms with Crippen LogP contribution in [0.4, 0.5) is 5.69 Å². The van der Waals surface area contributed by atoms with Crippen LogP contribution < -0.4 is 19.5 Å². The third kappa shape index (κ3) is 3.97. The number of nitrogens with zero attached hydrogens (tertiary/aromatic N) is 1. The van der Waals surface area contributed by atoms with Gasteiger partial charge in [-0.25, -0.2) is 4.98 Å². The Balaban J connectivity index is 1.72. The Labute approximate surface area is 159 Å². The molecule has 0 atom stereocenters. The number of anilines is 1. The van der Waals surface area contributed by atoms with E-state index in [9.17, 15) is 4.79 Å². The lowest BCUT2D eigenvalue weighted by Gasteiger charge is -2.14. The summed E-state index contributed by atoms with van der Waals surface area (Å²) < 4.78 is 15.9. The van der Waals surface area contributed by atoms with Gasteiger partial charge in [0.1, 0.15) is 5.01 Å². The van der Waals surface area contributed by atoms with E-state index < -0.39 is 0 Å². The van der Waals surface area contributed by atoms with Crippen LogP contribution in [0.2, 0.25) is 0 Å². The van der Waals surface area contributed by atoms with Crippen molar-refractivity contribution < 1.29 is 19.0 Å². The molecule has 1 aromatic carbocycles. The van der Waals surface area contributed by atoms with Crippen LogP contribution in [0.3, 0.4) is 0 Å². The Morgan fingerprint density at radius 1 is 1.12 bits per heavy atom. The lowest BCUT2D eigenvalue weighted by atomic mass is 10.2. The first kappa shape index (κ1) is 18.2. The number of carbonyl (C=O) groups excluding carboxylic acids is 1. The lowest BCUT2D eigenvalue weighted by molar-refractivity contribution is -0.115. The second-order valence-corrected chi connectivity index (χ2v) is 6.93. The van der Waals surface area contributed by atoms with E-state index in [0.717, 1.165) is 16.3 Å². The molecule has 0 unspecified atom stereocenters. The summed E-state index contributed by atoms with van der Waals surface area (Å²) in [5, 5.41) is 9.72. The topological polar surface area (TPSA) is 69.7 Å². The van der Waals surface area contributed by atoms with Crippen molar-refractivity contribution in [3.05, 3.63) is 40.0 Å². The Morgan fingerprint density at radius 2 is 1.85 bits per heavy atom. The second kappa shape index (κ2) is 8.20. The molecule has 6 nitrogen and oxygen atoms in total. The molecule has 3 rings (SSSR count). The van der Waals surface area contributed by atoms with E-state index in [0.29, 0.717) is 22.9 Å². The average Bonchev–Trinajstić information content (AvgIpc) is 3.32. The summed E-state index contributed by atoms with van der Waals surface area (Å²) >= 11 is 3.15. The van der Waals surface area contributed by atoms with Crippen molar-refractivity contribution in [2.24, 2.45) is 0 Å². The van der Waals surface area contributed by atoms with Crippen LogP contribution in [0.15, 0.2) is 34.3 Å². The van der Waals surface area contributed by atoms with Crippen molar-refractivity contribution in [1.29, 1.82) is 0 Å². The summed E-state index contributed by atoms with van der Waals surface area (Å²) in [6.07, 6.45) is 0.192. The summed E-state index contributed by atoms with van der Waals surface area (Å²) in [5.41, 5.74) is 2.38. The summed E-state index contributed by atoms with van der Waals surface area (Å²) in [4.78, 5) is 16.9. The largest absolute Gasteiger partial charge is 0.493 e. The molecule has 1 N–H and O–H groups in total. The number of thiazole rings is 1. The summed E-state index contributed by atoms with van der Waals surface area (Å²) in [7, 11) is 4.60. The number of hydrogen-bond acceptors (Lipinski definition) is 7. The van der Waals surface area contributed by atoms with Gasteiger partial charge in [0.2, 0.25) is 11.7 Å². The van der Waals surface area contributed by atoms with Gasteiger partial charge in [0.25, 0.3) is 0 Å². The molecule has 0 aliphatic rings. The molecule has 0 radical (unpaired) electrons. The first-order valence-electron chi connectivity index (χ1n) is 7.71. The van der Waals surface area contributed by atoms with Crippen LogP contribution in [0.1, 0.15) is 5.69 Å². The van der Waals surface area contributed by atoms with Gasteiger partial charge < -0.3 is 19.5 Å². The van der Waals surface area contributed by atoms with Crippen molar-refractivity contribution in [1.82, 2.24) is 4.98 Å². The number of amides is 1. The zero-order chi connectivity index (χ0) is 18.5. The van der Waals surface area contributed by atoms with Crippen LogP contribution in [0.25, 0.3) is 10.6 Å². The highest BCUT2D eigenvalue weighted by atomic mass is 32.1. The van der Waals surface area contributed by atoms with E-state index in [1.807, 2.05) is 22.2 Å². The zero-order valence-corrected chi connectivity index (χ0v) is 16.2. The first-order valence-corrected chi connectivity index (χ1v) is 9.53. The van der Waals surface area contributed by atoms with Gasteiger partial charge in [0, 0.05) is 34.1 Å². The molecular weight excluding hydrogens is 372 g/mol. The van der Waals surface area contributed by atoms with Gasteiger partial charge in [0.05, 0.1) is 33.4 Å². The Morgan fingerprint density at radius 3 is 2.42 bits per heavy atom. The molecule has 136 valence electrons. The van der Waals surface area contributed by atoms with E-state index in [1.54, 1.807) is 23.5 Å². The van der Waals surface area contributed by atoms with Crippen molar-refractivity contribution >= 4 is 34.3 Å². The highest BCUT2D eigenvalue weighted by Crippen LogP contribution is 2.40. The third-order valence-electron chi connectivity index (χ3n) is 3.61. The number of hydrogen-bond donors (Lipinski definition) is 1. The number of aromatic nitrogens is 1. The highest BCUT2D eigenvalue weighted by Gasteiger charge is 2.15. The van der Waals surface area contributed by atoms with Gasteiger partial charge in [-0.05, 0) is 11.4 Å². The Bertz CT molecular complexity index is 865. The monoisotopic (exact) mass is 390 g/mol.